The van der Waals surface area contributed by atoms with Gasteiger partial charge in [-0.3, -0.25) is 0 Å². The van der Waals surface area contributed by atoms with Gasteiger partial charge in [0, 0.05) is 22.7 Å². The number of benzene rings is 1. The molecule has 8 heteroatoms. The maximum Gasteiger partial charge on any atom is 0.432 e. The van der Waals surface area contributed by atoms with Crippen LogP contribution in [0, 0.1) is 0 Å². The van der Waals surface area contributed by atoms with Crippen molar-refractivity contribution in [2.24, 2.45) is 0 Å². The number of halogens is 3. The van der Waals surface area contributed by atoms with E-state index in [9.17, 15) is 28.2 Å². The van der Waals surface area contributed by atoms with E-state index in [1.807, 2.05) is 0 Å². The molecule has 0 aliphatic carbocycles. The van der Waals surface area contributed by atoms with Gasteiger partial charge in [-0.05, 0) is 18.2 Å². The Morgan fingerprint density at radius 2 is 2.00 bits per heavy atom. The van der Waals surface area contributed by atoms with Gasteiger partial charge in [0.25, 0.3) is 5.60 Å². The molecule has 0 spiro atoms. The van der Waals surface area contributed by atoms with E-state index in [2.05, 4.69) is 9.72 Å². The fourth-order valence-corrected chi connectivity index (χ4v) is 1.93. The Balaban J connectivity index is 2.76. The van der Waals surface area contributed by atoms with Crippen LogP contribution in [0.5, 0.6) is 5.75 Å². The first-order chi connectivity index (χ1) is 9.21. The average molecular weight is 289 g/mol. The molecule has 108 valence electrons. The molecular weight excluding hydrogens is 279 g/mol. The number of carbonyl (C=O) groups excluding carboxylic acids is 1. The largest absolute Gasteiger partial charge is 0.508 e. The van der Waals surface area contributed by atoms with E-state index in [0.29, 0.717) is 0 Å². The molecule has 2 aromatic rings. The van der Waals surface area contributed by atoms with Crippen molar-refractivity contribution in [1.29, 1.82) is 0 Å². The van der Waals surface area contributed by atoms with E-state index in [0.717, 1.165) is 19.4 Å². The Bertz CT molecular complexity index is 664. The number of aromatic hydroxyl groups is 1. The third kappa shape index (κ3) is 1.88. The van der Waals surface area contributed by atoms with Gasteiger partial charge in [-0.1, -0.05) is 0 Å². The number of carbonyl (C=O) groups is 1. The molecule has 0 radical (unpaired) electrons. The summed E-state index contributed by atoms with van der Waals surface area (Å²) in [6.07, 6.45) is -4.42. The number of H-pyrrole nitrogens is 1. The predicted octanol–water partition coefficient (Wildman–Crippen LogP) is 1.80. The van der Waals surface area contributed by atoms with Crippen LogP contribution in [0.1, 0.15) is 5.56 Å². The van der Waals surface area contributed by atoms with Gasteiger partial charge in [0.15, 0.2) is 0 Å². The quantitative estimate of drug-likeness (QED) is 0.736. The Hall–Kier alpha value is -2.22. The normalized spacial score (nSPS) is 15.1. The Labute approximate surface area is 110 Å². The molecule has 1 atom stereocenters. The van der Waals surface area contributed by atoms with Gasteiger partial charge in [-0.2, -0.15) is 13.2 Å². The summed E-state index contributed by atoms with van der Waals surface area (Å²) in [5, 5.41) is 19.1. The van der Waals surface area contributed by atoms with E-state index in [-0.39, 0.29) is 16.7 Å². The monoisotopic (exact) mass is 289 g/mol. The van der Waals surface area contributed by atoms with Gasteiger partial charge >= 0.3 is 12.1 Å². The molecular formula is C12H10F3NO4. The summed E-state index contributed by atoms with van der Waals surface area (Å²) in [6, 6.07) is 3.59. The minimum Gasteiger partial charge on any atom is -0.508 e. The molecule has 1 unspecified atom stereocenters. The van der Waals surface area contributed by atoms with Crippen LogP contribution in [-0.4, -0.2) is 34.5 Å². The third-order valence-corrected chi connectivity index (χ3v) is 2.95. The molecule has 20 heavy (non-hydrogen) atoms. The molecule has 1 aromatic carbocycles. The van der Waals surface area contributed by atoms with Crippen LogP contribution in [0.25, 0.3) is 10.9 Å². The number of hydrogen-bond donors (Lipinski definition) is 3. The number of aromatic amines is 1. The lowest BCUT2D eigenvalue weighted by molar-refractivity contribution is -0.266. The summed E-state index contributed by atoms with van der Waals surface area (Å²) in [4.78, 5) is 13.9. The van der Waals surface area contributed by atoms with Crippen LogP contribution in [0.2, 0.25) is 0 Å². The number of fused-ring (bicyclic) bond motifs is 1. The summed E-state index contributed by atoms with van der Waals surface area (Å²) in [5.74, 6) is -2.15. The number of aromatic nitrogens is 1. The highest BCUT2D eigenvalue weighted by molar-refractivity contribution is 5.92. The van der Waals surface area contributed by atoms with Crippen LogP contribution in [0.4, 0.5) is 13.2 Å². The summed E-state index contributed by atoms with van der Waals surface area (Å²) in [5.41, 5.74) is -4.32. The molecule has 5 nitrogen and oxygen atoms in total. The van der Waals surface area contributed by atoms with Crippen LogP contribution in [-0.2, 0) is 15.1 Å². The molecule has 0 amide bonds. The van der Waals surface area contributed by atoms with Crippen molar-refractivity contribution in [3.05, 3.63) is 30.0 Å². The lowest BCUT2D eigenvalue weighted by Gasteiger charge is -2.27. The van der Waals surface area contributed by atoms with Crippen LogP contribution in [0.3, 0.4) is 0 Å². The molecule has 0 bridgehead atoms. The Morgan fingerprint density at radius 1 is 1.35 bits per heavy atom. The van der Waals surface area contributed by atoms with Gasteiger partial charge in [0.2, 0.25) is 0 Å². The van der Waals surface area contributed by atoms with Gasteiger partial charge in [0.1, 0.15) is 5.75 Å². The number of phenols is 1. The van der Waals surface area contributed by atoms with Gasteiger partial charge in [-0.15, -0.1) is 0 Å². The molecule has 0 aliphatic heterocycles. The second-order valence-corrected chi connectivity index (χ2v) is 4.13. The number of phenolic OH excluding ortho intramolecular Hbond substituents is 1. The molecule has 0 saturated heterocycles. The fourth-order valence-electron chi connectivity index (χ4n) is 1.93. The van der Waals surface area contributed by atoms with Crippen molar-refractivity contribution in [3.8, 4) is 5.75 Å². The van der Waals surface area contributed by atoms with E-state index in [1.165, 1.54) is 12.1 Å². The number of aliphatic hydroxyl groups is 1. The lowest BCUT2D eigenvalue weighted by atomic mass is 9.92. The zero-order chi connectivity index (χ0) is 15.1. The first-order valence-corrected chi connectivity index (χ1v) is 5.40. The van der Waals surface area contributed by atoms with Crippen molar-refractivity contribution in [2.75, 3.05) is 7.11 Å². The van der Waals surface area contributed by atoms with Gasteiger partial charge in [0.05, 0.1) is 7.11 Å². The van der Waals surface area contributed by atoms with Crippen molar-refractivity contribution < 1.29 is 32.9 Å². The maximum atomic E-state index is 13.1. The standard InChI is InChI=1S/C12H10F3NO4/c1-20-10(18)11(19,12(13,14)15)8-5-16-9-3-2-6(17)4-7(8)9/h2-5,16-17,19H,1H3. The molecule has 1 heterocycles. The van der Waals surface area contributed by atoms with Gasteiger partial charge in [-0.25, -0.2) is 4.79 Å². The molecule has 3 N–H and O–H groups in total. The number of alkyl halides is 3. The second-order valence-electron chi connectivity index (χ2n) is 4.13. The minimum absolute atomic E-state index is 0.129. The van der Waals surface area contributed by atoms with E-state index >= 15 is 0 Å². The van der Waals surface area contributed by atoms with Crippen LogP contribution in [0.15, 0.2) is 24.4 Å². The Kier molecular flexibility index (Phi) is 3.13. The maximum absolute atomic E-state index is 13.1. The summed E-state index contributed by atoms with van der Waals surface area (Å²) >= 11 is 0. The predicted molar refractivity (Wildman–Crippen MR) is 61.9 cm³/mol. The number of nitrogens with one attached hydrogen (secondary N) is 1. The van der Waals surface area contributed by atoms with E-state index in [4.69, 9.17) is 0 Å². The fraction of sp³-hybridized carbons (Fsp3) is 0.250. The zero-order valence-electron chi connectivity index (χ0n) is 10.2. The van der Waals surface area contributed by atoms with Crippen molar-refractivity contribution in [3.63, 3.8) is 0 Å². The number of ether oxygens (including phenoxy) is 1. The van der Waals surface area contributed by atoms with Crippen LogP contribution >= 0.6 is 0 Å². The summed E-state index contributed by atoms with van der Waals surface area (Å²) in [6.45, 7) is 0. The third-order valence-electron chi connectivity index (χ3n) is 2.95. The number of rotatable bonds is 2. The average Bonchev–Trinajstić information content (AvgIpc) is 2.78. The molecule has 2 rings (SSSR count). The number of hydrogen-bond acceptors (Lipinski definition) is 4. The van der Waals surface area contributed by atoms with E-state index < -0.39 is 23.3 Å². The smallest absolute Gasteiger partial charge is 0.432 e. The first-order valence-electron chi connectivity index (χ1n) is 5.40. The molecule has 1 aromatic heterocycles. The highest BCUT2D eigenvalue weighted by atomic mass is 19.4. The number of methoxy groups -OCH3 is 1. The topological polar surface area (TPSA) is 82.5 Å². The molecule has 0 fully saturated rings. The van der Waals surface area contributed by atoms with Gasteiger partial charge < -0.3 is 19.9 Å². The first kappa shape index (κ1) is 14.2. The summed E-state index contributed by atoms with van der Waals surface area (Å²) < 4.78 is 43.4. The lowest BCUT2D eigenvalue weighted by Crippen LogP contribution is -2.49. The molecule has 0 saturated carbocycles. The minimum atomic E-state index is -5.28. The van der Waals surface area contributed by atoms with E-state index in [1.54, 1.807) is 0 Å². The molecule has 0 aliphatic rings. The zero-order valence-corrected chi connectivity index (χ0v) is 10.2. The van der Waals surface area contributed by atoms with Crippen molar-refractivity contribution >= 4 is 16.9 Å². The van der Waals surface area contributed by atoms with Crippen molar-refractivity contribution in [2.45, 2.75) is 11.8 Å². The van der Waals surface area contributed by atoms with Crippen LogP contribution < -0.4 is 0 Å². The number of esters is 1. The highest BCUT2D eigenvalue weighted by Crippen LogP contribution is 2.43. The summed E-state index contributed by atoms with van der Waals surface area (Å²) in [7, 11) is 0.741. The Morgan fingerprint density at radius 3 is 2.55 bits per heavy atom. The van der Waals surface area contributed by atoms with Crippen molar-refractivity contribution in [1.82, 2.24) is 4.98 Å². The second kappa shape index (κ2) is 4.41. The SMILES string of the molecule is COC(=O)C(O)(c1c[nH]c2ccc(O)cc12)C(F)(F)F. The highest BCUT2D eigenvalue weighted by Gasteiger charge is 2.63.